The number of hydrogen-bond acceptors (Lipinski definition) is 3. The maximum atomic E-state index is 13.3. The monoisotopic (exact) mass is 405 g/mol. The molecule has 0 saturated carbocycles. The molecular formula is C25H31N3O2. The van der Waals surface area contributed by atoms with Gasteiger partial charge in [-0.3, -0.25) is 9.69 Å². The normalized spacial score (nSPS) is 20.2. The van der Waals surface area contributed by atoms with E-state index >= 15 is 0 Å². The Balaban J connectivity index is 1.36. The number of likely N-dealkylation sites (N-methyl/N-ethyl adjacent to an activating group) is 1. The van der Waals surface area contributed by atoms with Crippen LogP contribution in [0.15, 0.2) is 60.7 Å². The van der Waals surface area contributed by atoms with Crippen LogP contribution < -0.4 is 0 Å². The summed E-state index contributed by atoms with van der Waals surface area (Å²) in [6.45, 7) is 5.35. The minimum atomic E-state index is -0.673. The van der Waals surface area contributed by atoms with E-state index in [1.54, 1.807) is 11.9 Å². The zero-order valence-corrected chi connectivity index (χ0v) is 18.0. The number of carbonyl (C=O) groups excluding carboxylic acids is 2. The number of nitrogens with zero attached hydrogens (tertiary/aromatic N) is 3. The van der Waals surface area contributed by atoms with Crippen molar-refractivity contribution in [3.05, 3.63) is 71.8 Å². The molecule has 0 bridgehead atoms. The second-order valence-corrected chi connectivity index (χ2v) is 8.69. The van der Waals surface area contributed by atoms with Crippen molar-refractivity contribution in [2.75, 3.05) is 26.7 Å². The third-order valence-corrected chi connectivity index (χ3v) is 6.92. The molecule has 4 rings (SSSR count). The first-order valence-electron chi connectivity index (χ1n) is 10.9. The minimum Gasteiger partial charge on any atom is -0.312 e. The van der Waals surface area contributed by atoms with Crippen molar-refractivity contribution in [3.63, 3.8) is 0 Å². The molecule has 2 fully saturated rings. The standard InChI is InChI=1S/C25H31N3O2/c1-20(22-11-7-4-8-12-22)13-16-27-17-14-25(15-18-27)23(29)28(24(30)26(25)2)19-21-9-5-3-6-10-21/h3-12,20H,13-19H2,1-2H3/t20-/m1/s1. The number of hydrogen-bond donors (Lipinski definition) is 0. The number of imide groups is 1. The molecule has 2 heterocycles. The number of benzene rings is 2. The molecule has 2 aliphatic heterocycles. The molecule has 5 heteroatoms. The van der Waals surface area contributed by atoms with Gasteiger partial charge in [0.25, 0.3) is 5.91 Å². The van der Waals surface area contributed by atoms with E-state index in [0.717, 1.165) is 31.6 Å². The Labute approximate surface area is 179 Å². The van der Waals surface area contributed by atoms with Crippen LogP contribution in [0, 0.1) is 0 Å². The fraction of sp³-hybridized carbons (Fsp3) is 0.440. The molecule has 5 nitrogen and oxygen atoms in total. The van der Waals surface area contributed by atoms with E-state index in [4.69, 9.17) is 0 Å². The topological polar surface area (TPSA) is 43.9 Å². The summed E-state index contributed by atoms with van der Waals surface area (Å²) in [5.74, 6) is 0.483. The summed E-state index contributed by atoms with van der Waals surface area (Å²) in [7, 11) is 1.79. The Hall–Kier alpha value is -2.66. The van der Waals surface area contributed by atoms with Gasteiger partial charge in [0.2, 0.25) is 0 Å². The highest BCUT2D eigenvalue weighted by atomic mass is 16.2. The molecule has 158 valence electrons. The minimum absolute atomic E-state index is 0.0313. The average Bonchev–Trinajstić information content (AvgIpc) is 2.96. The molecule has 0 radical (unpaired) electrons. The number of urea groups is 1. The molecule has 1 atom stereocenters. The first-order chi connectivity index (χ1) is 14.5. The molecule has 2 saturated heterocycles. The van der Waals surface area contributed by atoms with Crippen LogP contribution >= 0.6 is 0 Å². The quantitative estimate of drug-likeness (QED) is 0.680. The molecule has 2 aromatic rings. The van der Waals surface area contributed by atoms with Gasteiger partial charge >= 0.3 is 6.03 Å². The summed E-state index contributed by atoms with van der Waals surface area (Å²) < 4.78 is 0. The largest absolute Gasteiger partial charge is 0.327 e. The van der Waals surface area contributed by atoms with E-state index in [2.05, 4.69) is 42.2 Å². The second kappa shape index (κ2) is 8.60. The van der Waals surface area contributed by atoms with E-state index in [1.807, 2.05) is 30.3 Å². The van der Waals surface area contributed by atoms with Gasteiger partial charge in [-0.1, -0.05) is 67.6 Å². The van der Waals surface area contributed by atoms with Gasteiger partial charge in [0.15, 0.2) is 0 Å². The first-order valence-corrected chi connectivity index (χ1v) is 10.9. The van der Waals surface area contributed by atoms with Crippen LogP contribution in [0.5, 0.6) is 0 Å². The predicted octanol–water partition coefficient (Wildman–Crippen LogP) is 4.11. The maximum absolute atomic E-state index is 13.3. The summed E-state index contributed by atoms with van der Waals surface area (Å²) in [5, 5.41) is 0. The van der Waals surface area contributed by atoms with Crippen molar-refractivity contribution >= 4 is 11.9 Å². The molecule has 1 spiro atoms. The molecule has 0 aliphatic carbocycles. The van der Waals surface area contributed by atoms with Crippen molar-refractivity contribution in [3.8, 4) is 0 Å². The lowest BCUT2D eigenvalue weighted by Crippen LogP contribution is -2.55. The average molecular weight is 406 g/mol. The lowest BCUT2D eigenvalue weighted by molar-refractivity contribution is -0.135. The van der Waals surface area contributed by atoms with Crippen LogP contribution in [0.4, 0.5) is 4.79 Å². The molecule has 2 aromatic carbocycles. The third kappa shape index (κ3) is 3.86. The Morgan fingerprint density at radius 3 is 2.17 bits per heavy atom. The van der Waals surface area contributed by atoms with Gasteiger partial charge in [0.05, 0.1) is 6.54 Å². The van der Waals surface area contributed by atoms with E-state index < -0.39 is 5.54 Å². The van der Waals surface area contributed by atoms with Crippen molar-refractivity contribution in [1.29, 1.82) is 0 Å². The van der Waals surface area contributed by atoms with Gasteiger partial charge in [0, 0.05) is 20.1 Å². The van der Waals surface area contributed by atoms with Crippen molar-refractivity contribution in [1.82, 2.24) is 14.7 Å². The Bertz CT molecular complexity index is 876. The Morgan fingerprint density at radius 2 is 1.53 bits per heavy atom. The number of carbonyl (C=O) groups is 2. The van der Waals surface area contributed by atoms with Gasteiger partial charge in [-0.2, -0.15) is 0 Å². The maximum Gasteiger partial charge on any atom is 0.327 e. The smallest absolute Gasteiger partial charge is 0.312 e. The number of rotatable bonds is 6. The molecular weight excluding hydrogens is 374 g/mol. The predicted molar refractivity (Wildman–Crippen MR) is 118 cm³/mol. The fourth-order valence-electron chi connectivity index (χ4n) is 4.77. The van der Waals surface area contributed by atoms with Crippen LogP contribution in [0.1, 0.15) is 43.2 Å². The van der Waals surface area contributed by atoms with Crippen LogP contribution in [-0.2, 0) is 11.3 Å². The number of piperidine rings is 1. The summed E-state index contributed by atoms with van der Waals surface area (Å²) >= 11 is 0. The third-order valence-electron chi connectivity index (χ3n) is 6.92. The Kier molecular flexibility index (Phi) is 5.91. The van der Waals surface area contributed by atoms with Gasteiger partial charge in [-0.15, -0.1) is 0 Å². The molecule has 0 N–H and O–H groups in total. The summed E-state index contributed by atoms with van der Waals surface area (Å²) in [6, 6.07) is 20.2. The van der Waals surface area contributed by atoms with Gasteiger partial charge in [0.1, 0.15) is 5.54 Å². The summed E-state index contributed by atoms with van der Waals surface area (Å²) in [5.41, 5.74) is 1.68. The molecule has 0 unspecified atom stereocenters. The lowest BCUT2D eigenvalue weighted by Gasteiger charge is -2.41. The zero-order chi connectivity index (χ0) is 21.1. The fourth-order valence-corrected chi connectivity index (χ4v) is 4.77. The lowest BCUT2D eigenvalue weighted by atomic mass is 9.86. The highest BCUT2D eigenvalue weighted by molar-refractivity contribution is 6.06. The van der Waals surface area contributed by atoms with Crippen LogP contribution in [0.2, 0.25) is 0 Å². The zero-order valence-electron chi connectivity index (χ0n) is 18.0. The highest BCUT2D eigenvalue weighted by Gasteiger charge is 2.56. The van der Waals surface area contributed by atoms with E-state index in [1.165, 1.54) is 10.5 Å². The first kappa shape index (κ1) is 20.6. The van der Waals surface area contributed by atoms with Gasteiger partial charge in [-0.25, -0.2) is 4.79 Å². The molecule has 30 heavy (non-hydrogen) atoms. The van der Waals surface area contributed by atoms with E-state index in [0.29, 0.717) is 25.3 Å². The highest BCUT2D eigenvalue weighted by Crippen LogP contribution is 2.37. The number of likely N-dealkylation sites (tertiary alicyclic amines) is 1. The van der Waals surface area contributed by atoms with Crippen LogP contribution in [0.3, 0.4) is 0 Å². The number of amides is 3. The molecule has 3 amide bonds. The van der Waals surface area contributed by atoms with E-state index in [9.17, 15) is 9.59 Å². The van der Waals surface area contributed by atoms with Crippen molar-refractivity contribution < 1.29 is 9.59 Å². The van der Waals surface area contributed by atoms with Gasteiger partial charge < -0.3 is 9.80 Å². The summed E-state index contributed by atoms with van der Waals surface area (Å²) in [4.78, 5) is 31.7. The van der Waals surface area contributed by atoms with Crippen molar-refractivity contribution in [2.24, 2.45) is 0 Å². The molecule has 0 aromatic heterocycles. The Morgan fingerprint density at radius 1 is 0.933 bits per heavy atom. The van der Waals surface area contributed by atoms with Crippen molar-refractivity contribution in [2.45, 2.75) is 44.2 Å². The SMILES string of the molecule is C[C@H](CCN1CCC2(CC1)C(=O)N(Cc1ccccc1)C(=O)N2C)c1ccccc1. The second-order valence-electron chi connectivity index (χ2n) is 8.69. The van der Waals surface area contributed by atoms with Crippen LogP contribution in [0.25, 0.3) is 0 Å². The summed E-state index contributed by atoms with van der Waals surface area (Å²) in [6.07, 6.45) is 2.51. The van der Waals surface area contributed by atoms with Crippen LogP contribution in [-0.4, -0.2) is 58.9 Å². The van der Waals surface area contributed by atoms with E-state index in [-0.39, 0.29) is 11.9 Å². The van der Waals surface area contributed by atoms with Gasteiger partial charge in [-0.05, 0) is 42.9 Å². The molecule has 2 aliphatic rings.